The second-order valence-corrected chi connectivity index (χ2v) is 5.59. The standard InChI is InChI=1S/C14H8ClNO2S/c15-9-2-4-12-10(6-9)14(18)16-11-5-8(7-17)1-3-13(11)19-12/h1-7H,(H,16,18). The molecular formula is C14H8ClNO2S. The van der Waals surface area contributed by atoms with Crippen molar-refractivity contribution in [3.05, 3.63) is 52.5 Å². The Balaban J connectivity index is 2.14. The van der Waals surface area contributed by atoms with Gasteiger partial charge in [0.1, 0.15) is 6.29 Å². The van der Waals surface area contributed by atoms with Crippen LogP contribution in [0.2, 0.25) is 5.02 Å². The third-order valence-corrected chi connectivity index (χ3v) is 4.18. The number of carbonyl (C=O) groups excluding carboxylic acids is 2. The lowest BCUT2D eigenvalue weighted by Crippen LogP contribution is -2.11. The van der Waals surface area contributed by atoms with E-state index in [0.717, 1.165) is 16.1 Å². The van der Waals surface area contributed by atoms with Crippen LogP contribution in [-0.2, 0) is 0 Å². The van der Waals surface area contributed by atoms with E-state index in [9.17, 15) is 9.59 Å². The van der Waals surface area contributed by atoms with Gasteiger partial charge < -0.3 is 5.32 Å². The molecule has 0 bridgehead atoms. The van der Waals surface area contributed by atoms with E-state index in [2.05, 4.69) is 5.32 Å². The molecule has 1 N–H and O–H groups in total. The number of amides is 1. The minimum Gasteiger partial charge on any atom is -0.321 e. The van der Waals surface area contributed by atoms with Gasteiger partial charge in [0.2, 0.25) is 0 Å². The summed E-state index contributed by atoms with van der Waals surface area (Å²) in [4.78, 5) is 24.7. The van der Waals surface area contributed by atoms with Gasteiger partial charge in [0.25, 0.3) is 5.91 Å². The summed E-state index contributed by atoms with van der Waals surface area (Å²) in [6.07, 6.45) is 0.756. The maximum Gasteiger partial charge on any atom is 0.256 e. The Morgan fingerprint density at radius 3 is 2.68 bits per heavy atom. The summed E-state index contributed by atoms with van der Waals surface area (Å²) >= 11 is 7.40. The molecule has 2 aromatic rings. The quantitative estimate of drug-likeness (QED) is 0.811. The normalized spacial score (nSPS) is 13.0. The molecule has 0 fully saturated rings. The van der Waals surface area contributed by atoms with E-state index in [1.807, 2.05) is 12.1 Å². The van der Waals surface area contributed by atoms with Crippen molar-refractivity contribution in [2.45, 2.75) is 9.79 Å². The summed E-state index contributed by atoms with van der Waals surface area (Å²) in [6.45, 7) is 0. The lowest BCUT2D eigenvalue weighted by Gasteiger charge is -2.05. The van der Waals surface area contributed by atoms with Gasteiger partial charge in [0.05, 0.1) is 11.3 Å². The SMILES string of the molecule is O=Cc1ccc2c(c1)NC(=O)c1cc(Cl)ccc1S2. The fraction of sp³-hybridized carbons (Fsp3) is 0. The number of hydrogen-bond acceptors (Lipinski definition) is 3. The number of benzene rings is 2. The second kappa shape index (κ2) is 4.72. The monoisotopic (exact) mass is 289 g/mol. The molecule has 1 aliphatic heterocycles. The zero-order valence-corrected chi connectivity index (χ0v) is 11.2. The largest absolute Gasteiger partial charge is 0.321 e. The zero-order valence-electron chi connectivity index (χ0n) is 9.64. The van der Waals surface area contributed by atoms with Crippen molar-refractivity contribution in [3.8, 4) is 0 Å². The van der Waals surface area contributed by atoms with Crippen LogP contribution >= 0.6 is 23.4 Å². The Kier molecular flexibility index (Phi) is 3.05. The number of halogens is 1. The highest BCUT2D eigenvalue weighted by Gasteiger charge is 2.20. The smallest absolute Gasteiger partial charge is 0.256 e. The molecule has 0 aliphatic carbocycles. The van der Waals surface area contributed by atoms with E-state index in [4.69, 9.17) is 11.6 Å². The van der Waals surface area contributed by atoms with Gasteiger partial charge in [-0.2, -0.15) is 0 Å². The average molecular weight is 290 g/mol. The van der Waals surface area contributed by atoms with E-state index in [1.54, 1.807) is 24.3 Å². The first-order chi connectivity index (χ1) is 9.17. The van der Waals surface area contributed by atoms with Crippen molar-refractivity contribution in [1.82, 2.24) is 0 Å². The van der Waals surface area contributed by atoms with Crippen LogP contribution in [0.15, 0.2) is 46.2 Å². The van der Waals surface area contributed by atoms with E-state index >= 15 is 0 Å². The third kappa shape index (κ3) is 2.25. The van der Waals surface area contributed by atoms with Crippen molar-refractivity contribution in [2.75, 3.05) is 5.32 Å². The maximum absolute atomic E-state index is 12.1. The molecular weight excluding hydrogens is 282 g/mol. The number of hydrogen-bond donors (Lipinski definition) is 1. The number of carbonyl (C=O) groups is 2. The third-order valence-electron chi connectivity index (χ3n) is 2.79. The van der Waals surface area contributed by atoms with Gasteiger partial charge in [-0.3, -0.25) is 9.59 Å². The molecule has 0 spiro atoms. The van der Waals surface area contributed by atoms with Crippen LogP contribution in [0.3, 0.4) is 0 Å². The molecule has 0 saturated carbocycles. The first-order valence-electron chi connectivity index (χ1n) is 5.55. The van der Waals surface area contributed by atoms with Crippen LogP contribution in [0, 0.1) is 0 Å². The van der Waals surface area contributed by atoms with E-state index in [1.165, 1.54) is 11.8 Å². The number of anilines is 1. The molecule has 0 atom stereocenters. The van der Waals surface area contributed by atoms with Gasteiger partial charge in [-0.1, -0.05) is 29.4 Å². The molecule has 2 aromatic carbocycles. The molecule has 1 amide bonds. The molecule has 1 aliphatic rings. The Bertz CT molecular complexity index is 700. The van der Waals surface area contributed by atoms with Gasteiger partial charge >= 0.3 is 0 Å². The molecule has 1 heterocycles. The first-order valence-corrected chi connectivity index (χ1v) is 6.75. The Labute approximate surface area is 119 Å². The minimum atomic E-state index is -0.216. The summed E-state index contributed by atoms with van der Waals surface area (Å²) in [6, 6.07) is 10.4. The van der Waals surface area contributed by atoms with Gasteiger partial charge in [-0.05, 0) is 30.3 Å². The van der Waals surface area contributed by atoms with Gasteiger partial charge in [-0.25, -0.2) is 0 Å². The summed E-state index contributed by atoms with van der Waals surface area (Å²) in [5, 5.41) is 3.33. The number of rotatable bonds is 1. The van der Waals surface area contributed by atoms with Crippen LogP contribution in [-0.4, -0.2) is 12.2 Å². The first kappa shape index (κ1) is 12.3. The van der Waals surface area contributed by atoms with Crippen LogP contribution in [0.5, 0.6) is 0 Å². The Hall–Kier alpha value is -1.78. The Morgan fingerprint density at radius 1 is 1.11 bits per heavy atom. The molecule has 94 valence electrons. The zero-order chi connectivity index (χ0) is 13.4. The summed E-state index contributed by atoms with van der Waals surface area (Å²) < 4.78 is 0. The lowest BCUT2D eigenvalue weighted by molar-refractivity contribution is 0.102. The molecule has 3 rings (SSSR count). The van der Waals surface area contributed by atoms with E-state index < -0.39 is 0 Å². The van der Waals surface area contributed by atoms with Gasteiger partial charge in [0.15, 0.2) is 0 Å². The summed E-state index contributed by atoms with van der Waals surface area (Å²) in [5.74, 6) is -0.216. The summed E-state index contributed by atoms with van der Waals surface area (Å²) in [7, 11) is 0. The minimum absolute atomic E-state index is 0.216. The molecule has 0 radical (unpaired) electrons. The van der Waals surface area contributed by atoms with Crippen LogP contribution in [0.1, 0.15) is 20.7 Å². The average Bonchev–Trinajstić information content (AvgIpc) is 2.54. The van der Waals surface area contributed by atoms with Crippen molar-refractivity contribution < 1.29 is 9.59 Å². The van der Waals surface area contributed by atoms with E-state index in [-0.39, 0.29) is 5.91 Å². The van der Waals surface area contributed by atoms with Crippen LogP contribution in [0.25, 0.3) is 0 Å². The van der Waals surface area contributed by atoms with Crippen LogP contribution in [0.4, 0.5) is 5.69 Å². The summed E-state index contributed by atoms with van der Waals surface area (Å²) in [5.41, 5.74) is 1.72. The second-order valence-electron chi connectivity index (χ2n) is 4.07. The highest BCUT2D eigenvalue weighted by Crippen LogP contribution is 2.39. The molecule has 0 saturated heterocycles. The fourth-order valence-corrected chi connectivity index (χ4v) is 3.05. The van der Waals surface area contributed by atoms with Crippen molar-refractivity contribution in [2.24, 2.45) is 0 Å². The molecule has 3 nitrogen and oxygen atoms in total. The molecule has 19 heavy (non-hydrogen) atoms. The predicted molar refractivity (Wildman–Crippen MR) is 75.4 cm³/mol. The highest BCUT2D eigenvalue weighted by molar-refractivity contribution is 7.99. The highest BCUT2D eigenvalue weighted by atomic mass is 35.5. The maximum atomic E-state index is 12.1. The number of aldehydes is 1. The lowest BCUT2D eigenvalue weighted by atomic mass is 10.2. The van der Waals surface area contributed by atoms with E-state index in [0.29, 0.717) is 21.8 Å². The topological polar surface area (TPSA) is 46.2 Å². The van der Waals surface area contributed by atoms with Crippen molar-refractivity contribution >= 4 is 41.2 Å². The van der Waals surface area contributed by atoms with Crippen molar-refractivity contribution in [3.63, 3.8) is 0 Å². The number of fused-ring (bicyclic) bond motifs is 2. The van der Waals surface area contributed by atoms with Gasteiger partial charge in [-0.15, -0.1) is 0 Å². The number of nitrogens with one attached hydrogen (secondary N) is 1. The Morgan fingerprint density at radius 2 is 1.89 bits per heavy atom. The molecule has 0 aromatic heterocycles. The molecule has 0 unspecified atom stereocenters. The molecule has 5 heteroatoms. The predicted octanol–water partition coefficient (Wildman–Crippen LogP) is 3.87. The fourth-order valence-electron chi connectivity index (χ4n) is 1.88. The van der Waals surface area contributed by atoms with Gasteiger partial charge in [0, 0.05) is 20.4 Å². The van der Waals surface area contributed by atoms with Crippen molar-refractivity contribution in [1.29, 1.82) is 0 Å². The van der Waals surface area contributed by atoms with Crippen LogP contribution < -0.4 is 5.32 Å².